The van der Waals surface area contributed by atoms with E-state index in [1.165, 1.54) is 55.5 Å². The van der Waals surface area contributed by atoms with E-state index in [2.05, 4.69) is 20.9 Å². The van der Waals surface area contributed by atoms with Crippen LogP contribution >= 0.6 is 23.1 Å². The van der Waals surface area contributed by atoms with Crippen molar-refractivity contribution in [3.63, 3.8) is 0 Å². The Morgan fingerprint density at radius 1 is 0.941 bits per heavy atom. The fourth-order valence-electron chi connectivity index (χ4n) is 4.88. The summed E-state index contributed by atoms with van der Waals surface area (Å²) in [5.41, 5.74) is 2.32. The summed E-state index contributed by atoms with van der Waals surface area (Å²) < 4.78 is 10.9. The van der Waals surface area contributed by atoms with Crippen molar-refractivity contribution < 1.29 is 28.8 Å². The SMILES string of the molecule is CCC(Sc1cccc(NC(=O)/C(=C\c2cccc(OC)c2OC)NC(=O)c2ccccc2)c1)C(=O)Nc1nc(-c2cccc([N+](=O)[O-])c2)cs1. The monoisotopic (exact) mass is 723 g/mol. The molecule has 0 radical (unpaired) electrons. The van der Waals surface area contributed by atoms with Gasteiger partial charge in [-0.15, -0.1) is 23.1 Å². The normalized spacial score (nSPS) is 11.6. The molecule has 0 aliphatic carbocycles. The molecule has 0 aliphatic rings. The number of para-hydroxylation sites is 1. The summed E-state index contributed by atoms with van der Waals surface area (Å²) in [6, 6.07) is 26.9. The molecule has 3 N–H and O–H groups in total. The van der Waals surface area contributed by atoms with Crippen LogP contribution < -0.4 is 25.4 Å². The minimum atomic E-state index is -0.584. The standard InChI is InChI=1S/C37H33N5O7S2/c1-4-32(36(45)41-37-40-30(22-50-37)24-13-8-16-27(19-24)42(46)47)51-28-17-10-15-26(21-28)38-35(44)29(39-34(43)23-11-6-5-7-12-23)20-25-14-9-18-31(48-2)33(25)49-3/h5-22,32H,4H2,1-3H3,(H,38,44)(H,39,43)(H,40,41,45)/b29-20+. The second-order valence-corrected chi connectivity index (χ2v) is 12.9. The second-order valence-electron chi connectivity index (χ2n) is 10.8. The van der Waals surface area contributed by atoms with Crippen LogP contribution in [0.1, 0.15) is 29.3 Å². The Morgan fingerprint density at radius 3 is 2.43 bits per heavy atom. The smallest absolute Gasteiger partial charge is 0.272 e. The Bertz CT molecular complexity index is 2080. The molecule has 3 amide bonds. The van der Waals surface area contributed by atoms with Crippen LogP contribution in [0.25, 0.3) is 17.3 Å². The number of methoxy groups -OCH3 is 2. The molecule has 1 aromatic heterocycles. The molecule has 1 atom stereocenters. The van der Waals surface area contributed by atoms with Gasteiger partial charge in [-0.3, -0.25) is 24.5 Å². The number of ether oxygens (including phenoxy) is 2. The highest BCUT2D eigenvalue weighted by atomic mass is 32.2. The number of nitrogens with zero attached hydrogens (tertiary/aromatic N) is 2. The molecule has 0 spiro atoms. The largest absolute Gasteiger partial charge is 0.493 e. The Kier molecular flexibility index (Phi) is 12.2. The van der Waals surface area contributed by atoms with Crippen LogP contribution in [0, 0.1) is 10.1 Å². The van der Waals surface area contributed by atoms with Gasteiger partial charge >= 0.3 is 0 Å². The van der Waals surface area contributed by atoms with Crippen LogP contribution in [0.15, 0.2) is 113 Å². The number of thioether (sulfide) groups is 1. The van der Waals surface area contributed by atoms with Gasteiger partial charge in [0.25, 0.3) is 17.5 Å². The third-order valence-electron chi connectivity index (χ3n) is 7.38. The van der Waals surface area contributed by atoms with Crippen molar-refractivity contribution in [2.45, 2.75) is 23.5 Å². The molecule has 0 bridgehead atoms. The van der Waals surface area contributed by atoms with Crippen molar-refractivity contribution >= 4 is 63.4 Å². The zero-order valence-electron chi connectivity index (χ0n) is 27.7. The molecule has 0 fully saturated rings. The highest BCUT2D eigenvalue weighted by Gasteiger charge is 2.21. The van der Waals surface area contributed by atoms with Crippen molar-refractivity contribution in [2.75, 3.05) is 24.9 Å². The zero-order chi connectivity index (χ0) is 36.3. The number of rotatable bonds is 14. The van der Waals surface area contributed by atoms with Crippen LogP contribution in [-0.4, -0.2) is 47.1 Å². The summed E-state index contributed by atoms with van der Waals surface area (Å²) in [5.74, 6) is -0.480. The lowest BCUT2D eigenvalue weighted by molar-refractivity contribution is -0.384. The second kappa shape index (κ2) is 17.1. The Morgan fingerprint density at radius 2 is 1.71 bits per heavy atom. The summed E-state index contributed by atoms with van der Waals surface area (Å²) in [7, 11) is 2.99. The maximum Gasteiger partial charge on any atom is 0.272 e. The number of amides is 3. The number of aromatic nitrogens is 1. The van der Waals surface area contributed by atoms with Crippen LogP contribution in [0.2, 0.25) is 0 Å². The third-order valence-corrected chi connectivity index (χ3v) is 9.50. The van der Waals surface area contributed by atoms with Gasteiger partial charge in [0.2, 0.25) is 5.91 Å². The predicted molar refractivity (Wildman–Crippen MR) is 199 cm³/mol. The molecule has 0 saturated carbocycles. The molecule has 5 rings (SSSR count). The van der Waals surface area contributed by atoms with E-state index >= 15 is 0 Å². The summed E-state index contributed by atoms with van der Waals surface area (Å²) in [6.07, 6.45) is 2.01. The number of nitro groups is 1. The van der Waals surface area contributed by atoms with E-state index in [9.17, 15) is 24.5 Å². The first-order chi connectivity index (χ1) is 24.7. The number of nitrogens with one attached hydrogen (secondary N) is 3. The lowest BCUT2D eigenvalue weighted by Gasteiger charge is -2.15. The van der Waals surface area contributed by atoms with Crippen LogP contribution in [0.3, 0.4) is 0 Å². The fourth-order valence-corrected chi connectivity index (χ4v) is 6.62. The summed E-state index contributed by atoms with van der Waals surface area (Å²) in [5, 5.41) is 21.2. The number of anilines is 2. The predicted octanol–water partition coefficient (Wildman–Crippen LogP) is 7.65. The molecule has 51 heavy (non-hydrogen) atoms. The quantitative estimate of drug-likeness (QED) is 0.0452. The molecular weight excluding hydrogens is 691 g/mol. The minimum absolute atomic E-state index is 0.0350. The van der Waals surface area contributed by atoms with Crippen molar-refractivity contribution in [2.24, 2.45) is 0 Å². The number of non-ortho nitro benzene ring substituents is 1. The van der Waals surface area contributed by atoms with Crippen molar-refractivity contribution in [1.29, 1.82) is 0 Å². The average molecular weight is 724 g/mol. The van der Waals surface area contributed by atoms with Crippen molar-refractivity contribution in [3.8, 4) is 22.8 Å². The Labute approximate surface area is 302 Å². The van der Waals surface area contributed by atoms with Crippen molar-refractivity contribution in [3.05, 3.63) is 129 Å². The molecule has 0 saturated heterocycles. The molecule has 12 nitrogen and oxygen atoms in total. The van der Waals surface area contributed by atoms with E-state index in [1.807, 2.05) is 13.0 Å². The maximum absolute atomic E-state index is 13.7. The van der Waals surface area contributed by atoms with Gasteiger partial charge in [-0.2, -0.15) is 0 Å². The number of thiazole rings is 1. The topological polar surface area (TPSA) is 162 Å². The van der Waals surface area contributed by atoms with E-state index in [0.29, 0.717) is 51.1 Å². The van der Waals surface area contributed by atoms with Gasteiger partial charge in [0.15, 0.2) is 16.6 Å². The maximum atomic E-state index is 13.7. The number of carbonyl (C=O) groups excluding carboxylic acids is 3. The number of hydrogen-bond acceptors (Lipinski definition) is 10. The van der Waals surface area contributed by atoms with Gasteiger partial charge in [-0.05, 0) is 48.9 Å². The van der Waals surface area contributed by atoms with Gasteiger partial charge in [-0.25, -0.2) is 4.98 Å². The van der Waals surface area contributed by atoms with E-state index in [4.69, 9.17) is 9.47 Å². The lowest BCUT2D eigenvalue weighted by atomic mass is 10.1. The summed E-state index contributed by atoms with van der Waals surface area (Å²) in [4.78, 5) is 56.0. The molecule has 4 aromatic carbocycles. The van der Waals surface area contributed by atoms with Crippen LogP contribution in [0.4, 0.5) is 16.5 Å². The summed E-state index contributed by atoms with van der Waals surface area (Å²) >= 11 is 2.54. The zero-order valence-corrected chi connectivity index (χ0v) is 29.4. The van der Waals surface area contributed by atoms with Gasteiger partial charge in [0.1, 0.15) is 5.70 Å². The molecule has 1 unspecified atom stereocenters. The van der Waals surface area contributed by atoms with E-state index in [0.717, 1.165) is 4.90 Å². The number of hydrogen-bond donors (Lipinski definition) is 3. The third kappa shape index (κ3) is 9.38. The molecule has 260 valence electrons. The van der Waals surface area contributed by atoms with Gasteiger partial charge in [0, 0.05) is 44.8 Å². The lowest BCUT2D eigenvalue weighted by Crippen LogP contribution is -2.30. The first kappa shape index (κ1) is 36.3. The fraction of sp³-hybridized carbons (Fsp3) is 0.135. The highest BCUT2D eigenvalue weighted by Crippen LogP contribution is 2.33. The van der Waals surface area contributed by atoms with Crippen molar-refractivity contribution in [1.82, 2.24) is 10.3 Å². The Hall–Kier alpha value is -5.99. The first-order valence-corrected chi connectivity index (χ1v) is 17.3. The molecule has 5 aromatic rings. The average Bonchev–Trinajstić information content (AvgIpc) is 3.62. The number of nitro benzene ring substituents is 1. The summed E-state index contributed by atoms with van der Waals surface area (Å²) in [6.45, 7) is 1.89. The Balaban J connectivity index is 1.31. The van der Waals surface area contributed by atoms with Gasteiger partial charge < -0.3 is 25.4 Å². The van der Waals surface area contributed by atoms with E-state index in [1.54, 1.807) is 84.2 Å². The number of benzene rings is 4. The molecular formula is C37H33N5O7S2. The molecule has 14 heteroatoms. The number of carbonyl (C=O) groups is 3. The molecule has 0 aliphatic heterocycles. The van der Waals surface area contributed by atoms with Gasteiger partial charge in [-0.1, -0.05) is 55.5 Å². The highest BCUT2D eigenvalue weighted by molar-refractivity contribution is 8.00. The van der Waals surface area contributed by atoms with Crippen LogP contribution in [-0.2, 0) is 9.59 Å². The van der Waals surface area contributed by atoms with E-state index < -0.39 is 22.0 Å². The first-order valence-electron chi connectivity index (χ1n) is 15.6. The van der Waals surface area contributed by atoms with Crippen LogP contribution in [0.5, 0.6) is 11.5 Å². The molecule has 1 heterocycles. The minimum Gasteiger partial charge on any atom is -0.493 e. The van der Waals surface area contributed by atoms with Gasteiger partial charge in [0.05, 0.1) is 30.1 Å². The van der Waals surface area contributed by atoms with E-state index in [-0.39, 0.29) is 17.3 Å².